The molecule has 4 rings (SSSR count). The zero-order valence-electron chi connectivity index (χ0n) is 14.7. The van der Waals surface area contributed by atoms with Crippen molar-refractivity contribution in [3.8, 4) is 0 Å². The van der Waals surface area contributed by atoms with Gasteiger partial charge in [0, 0.05) is 32.8 Å². The van der Waals surface area contributed by atoms with Crippen LogP contribution in [-0.2, 0) is 20.7 Å². The van der Waals surface area contributed by atoms with E-state index < -0.39 is 0 Å². The third-order valence-corrected chi connectivity index (χ3v) is 5.78. The molecule has 1 aliphatic carbocycles. The smallest absolute Gasteiger partial charge is 0.251 e. The van der Waals surface area contributed by atoms with Crippen molar-refractivity contribution in [1.29, 1.82) is 0 Å². The molecule has 2 fully saturated rings. The molecule has 0 spiro atoms. The van der Waals surface area contributed by atoms with Crippen LogP contribution in [-0.4, -0.2) is 60.5 Å². The number of amides is 2. The van der Waals surface area contributed by atoms with Gasteiger partial charge < -0.3 is 14.5 Å². The van der Waals surface area contributed by atoms with E-state index in [1.807, 2.05) is 15.9 Å². The molecule has 5 nitrogen and oxygen atoms in total. The van der Waals surface area contributed by atoms with Crippen molar-refractivity contribution >= 4 is 11.8 Å². The van der Waals surface area contributed by atoms with Gasteiger partial charge in [-0.2, -0.15) is 0 Å². The molecular weight excluding hydrogens is 316 g/mol. The van der Waals surface area contributed by atoms with Crippen molar-refractivity contribution in [2.75, 3.05) is 32.8 Å². The number of hydrogen-bond acceptors (Lipinski definition) is 3. The molecule has 1 aromatic carbocycles. The summed E-state index contributed by atoms with van der Waals surface area (Å²) in [7, 11) is 0. The number of carbonyl (C=O) groups is 2. The van der Waals surface area contributed by atoms with Crippen LogP contribution in [0.5, 0.6) is 0 Å². The molecule has 0 saturated carbocycles. The topological polar surface area (TPSA) is 49.9 Å². The minimum atomic E-state index is -0.257. The molecule has 134 valence electrons. The lowest BCUT2D eigenvalue weighted by Gasteiger charge is -2.38. The molecule has 3 aliphatic rings. The molecule has 2 saturated heterocycles. The number of hydrogen-bond donors (Lipinski definition) is 0. The van der Waals surface area contributed by atoms with Gasteiger partial charge in [-0.05, 0) is 43.2 Å². The van der Waals surface area contributed by atoms with Crippen molar-refractivity contribution in [1.82, 2.24) is 9.80 Å². The van der Waals surface area contributed by atoms with Gasteiger partial charge in [0.1, 0.15) is 6.10 Å². The molecule has 0 N–H and O–H groups in total. The Bertz CT molecular complexity index is 646. The Morgan fingerprint density at radius 1 is 0.920 bits per heavy atom. The summed E-state index contributed by atoms with van der Waals surface area (Å²) in [6, 6.07) is 8.34. The molecular formula is C20H26N2O3. The molecule has 0 aromatic heterocycles. The summed E-state index contributed by atoms with van der Waals surface area (Å²) < 4.78 is 5.50. The van der Waals surface area contributed by atoms with Gasteiger partial charge in [-0.3, -0.25) is 9.59 Å². The van der Waals surface area contributed by atoms with Gasteiger partial charge >= 0.3 is 0 Å². The molecule has 25 heavy (non-hydrogen) atoms. The molecule has 2 atom stereocenters. The lowest BCUT2D eigenvalue weighted by atomic mass is 9.82. The summed E-state index contributed by atoms with van der Waals surface area (Å²) in [6.07, 6.45) is 4.62. The van der Waals surface area contributed by atoms with Crippen LogP contribution in [0.4, 0.5) is 0 Å². The normalized spacial score (nSPS) is 26.4. The zero-order chi connectivity index (χ0) is 17.2. The van der Waals surface area contributed by atoms with Gasteiger partial charge in [-0.25, -0.2) is 0 Å². The van der Waals surface area contributed by atoms with Crippen LogP contribution in [0.2, 0.25) is 0 Å². The molecule has 5 heteroatoms. The number of nitrogens with zero attached hydrogens (tertiary/aromatic N) is 2. The fourth-order valence-corrected chi connectivity index (χ4v) is 4.35. The van der Waals surface area contributed by atoms with E-state index in [1.54, 1.807) is 0 Å². The Morgan fingerprint density at radius 3 is 2.36 bits per heavy atom. The van der Waals surface area contributed by atoms with Crippen molar-refractivity contribution in [3.63, 3.8) is 0 Å². The zero-order valence-corrected chi connectivity index (χ0v) is 14.7. The van der Waals surface area contributed by atoms with Crippen LogP contribution in [0.1, 0.15) is 42.7 Å². The van der Waals surface area contributed by atoms with Crippen LogP contribution >= 0.6 is 0 Å². The first kappa shape index (κ1) is 16.6. The standard InChI is InChI=1S/C20H26N2O3/c23-19(17-8-3-6-15-5-1-2-7-16(15)17)21-10-12-22(13-11-21)20(24)18-9-4-14-25-18/h1-2,5,7,17-18H,3-4,6,8-14H2. The Morgan fingerprint density at radius 2 is 1.64 bits per heavy atom. The molecule has 0 bridgehead atoms. The molecule has 2 unspecified atom stereocenters. The third-order valence-electron chi connectivity index (χ3n) is 5.78. The van der Waals surface area contributed by atoms with E-state index >= 15 is 0 Å². The molecule has 2 amide bonds. The van der Waals surface area contributed by atoms with E-state index in [1.165, 1.54) is 11.1 Å². The minimum Gasteiger partial charge on any atom is -0.368 e. The Labute approximate surface area is 148 Å². The van der Waals surface area contributed by atoms with Crippen molar-refractivity contribution in [3.05, 3.63) is 35.4 Å². The van der Waals surface area contributed by atoms with E-state index in [0.29, 0.717) is 32.8 Å². The van der Waals surface area contributed by atoms with E-state index in [9.17, 15) is 9.59 Å². The number of fused-ring (bicyclic) bond motifs is 1. The Kier molecular flexibility index (Phi) is 4.75. The number of aryl methyl sites for hydroxylation is 1. The third kappa shape index (κ3) is 3.30. The summed E-state index contributed by atoms with van der Waals surface area (Å²) in [5, 5.41) is 0. The van der Waals surface area contributed by atoms with Gasteiger partial charge in [0.25, 0.3) is 5.91 Å². The number of rotatable bonds is 2. The van der Waals surface area contributed by atoms with Crippen molar-refractivity contribution in [2.45, 2.75) is 44.1 Å². The largest absolute Gasteiger partial charge is 0.368 e. The highest BCUT2D eigenvalue weighted by Crippen LogP contribution is 2.33. The lowest BCUT2D eigenvalue weighted by Crippen LogP contribution is -2.53. The van der Waals surface area contributed by atoms with E-state index in [2.05, 4.69) is 18.2 Å². The molecule has 0 radical (unpaired) electrons. The van der Waals surface area contributed by atoms with Crippen LogP contribution < -0.4 is 0 Å². The van der Waals surface area contributed by atoms with Gasteiger partial charge in [-0.15, -0.1) is 0 Å². The van der Waals surface area contributed by atoms with Crippen LogP contribution in [0.15, 0.2) is 24.3 Å². The fourth-order valence-electron chi connectivity index (χ4n) is 4.35. The highest BCUT2D eigenvalue weighted by atomic mass is 16.5. The predicted molar refractivity (Wildman–Crippen MR) is 94.3 cm³/mol. The summed E-state index contributed by atoms with van der Waals surface area (Å²) >= 11 is 0. The average Bonchev–Trinajstić information content (AvgIpc) is 3.21. The fraction of sp³-hybridized carbons (Fsp3) is 0.600. The summed E-state index contributed by atoms with van der Waals surface area (Å²) in [5.41, 5.74) is 2.52. The highest BCUT2D eigenvalue weighted by Gasteiger charge is 2.34. The Hall–Kier alpha value is -1.88. The molecule has 2 aliphatic heterocycles. The maximum Gasteiger partial charge on any atom is 0.251 e. The van der Waals surface area contributed by atoms with Crippen molar-refractivity contribution in [2.24, 2.45) is 0 Å². The van der Waals surface area contributed by atoms with Gasteiger partial charge in [0.15, 0.2) is 0 Å². The summed E-state index contributed by atoms with van der Waals surface area (Å²) in [4.78, 5) is 29.3. The number of benzene rings is 1. The summed E-state index contributed by atoms with van der Waals surface area (Å²) in [5.74, 6) is 0.328. The predicted octanol–water partition coefficient (Wildman–Crippen LogP) is 1.96. The lowest BCUT2D eigenvalue weighted by molar-refractivity contribution is -0.146. The first-order chi connectivity index (χ1) is 12.2. The van der Waals surface area contributed by atoms with Gasteiger partial charge in [0.2, 0.25) is 5.91 Å². The summed E-state index contributed by atoms with van der Waals surface area (Å²) in [6.45, 7) is 3.21. The maximum absolute atomic E-state index is 13.0. The van der Waals surface area contributed by atoms with E-state index in [4.69, 9.17) is 4.74 Å². The number of piperazine rings is 1. The first-order valence-corrected chi connectivity index (χ1v) is 9.51. The maximum atomic E-state index is 13.0. The Balaban J connectivity index is 1.38. The number of ether oxygens (including phenoxy) is 1. The van der Waals surface area contributed by atoms with Gasteiger partial charge in [-0.1, -0.05) is 24.3 Å². The minimum absolute atomic E-state index is 0.00892. The second-order valence-electron chi connectivity index (χ2n) is 7.30. The second-order valence-corrected chi connectivity index (χ2v) is 7.30. The van der Waals surface area contributed by atoms with Crippen LogP contribution in [0, 0.1) is 0 Å². The highest BCUT2D eigenvalue weighted by molar-refractivity contribution is 5.85. The second kappa shape index (κ2) is 7.16. The quantitative estimate of drug-likeness (QED) is 0.825. The van der Waals surface area contributed by atoms with Crippen LogP contribution in [0.3, 0.4) is 0 Å². The molecule has 2 heterocycles. The van der Waals surface area contributed by atoms with Crippen molar-refractivity contribution < 1.29 is 14.3 Å². The van der Waals surface area contributed by atoms with E-state index in [-0.39, 0.29) is 23.8 Å². The number of carbonyl (C=O) groups excluding carboxylic acids is 2. The molecule has 1 aromatic rings. The van der Waals surface area contributed by atoms with E-state index in [0.717, 1.165) is 32.1 Å². The van der Waals surface area contributed by atoms with Crippen LogP contribution in [0.25, 0.3) is 0 Å². The first-order valence-electron chi connectivity index (χ1n) is 9.51. The average molecular weight is 342 g/mol. The van der Waals surface area contributed by atoms with Gasteiger partial charge in [0.05, 0.1) is 5.92 Å². The monoisotopic (exact) mass is 342 g/mol. The SMILES string of the molecule is O=C(C1CCCO1)N1CCN(C(=O)C2CCCc3ccccc32)CC1.